The van der Waals surface area contributed by atoms with Gasteiger partial charge in [-0.3, -0.25) is 14.7 Å². The van der Waals surface area contributed by atoms with Crippen LogP contribution in [-0.4, -0.2) is 28.4 Å². The summed E-state index contributed by atoms with van der Waals surface area (Å²) in [6.45, 7) is 2.02. The van der Waals surface area contributed by atoms with Crippen LogP contribution in [0.5, 0.6) is 0 Å². The number of benzene rings is 1. The third kappa shape index (κ3) is 4.38. The standard InChI is InChI=1S/C19H22FN3O/c20-17-5-3-4-16(12-17)13-22-19(24)18-6-1-2-11-23(18)14-15-7-9-21-10-8-15/h3-5,7-10,12,18H,1-2,6,11,13-14H2,(H,22,24)/t18-/m1/s1. The molecule has 0 bridgehead atoms. The highest BCUT2D eigenvalue weighted by molar-refractivity contribution is 5.81. The summed E-state index contributed by atoms with van der Waals surface area (Å²) in [5.74, 6) is -0.258. The van der Waals surface area contributed by atoms with E-state index in [2.05, 4.69) is 15.2 Å². The molecule has 0 aliphatic carbocycles. The first kappa shape index (κ1) is 16.6. The third-order valence-corrected chi connectivity index (χ3v) is 4.41. The molecule has 0 unspecified atom stereocenters. The first-order valence-electron chi connectivity index (χ1n) is 8.37. The van der Waals surface area contributed by atoms with Crippen LogP contribution in [0.15, 0.2) is 48.8 Å². The van der Waals surface area contributed by atoms with Gasteiger partial charge in [-0.05, 0) is 54.8 Å². The Morgan fingerprint density at radius 2 is 2.04 bits per heavy atom. The average Bonchev–Trinajstić information content (AvgIpc) is 2.61. The van der Waals surface area contributed by atoms with Gasteiger partial charge in [0, 0.05) is 25.5 Å². The van der Waals surface area contributed by atoms with E-state index in [1.165, 1.54) is 12.1 Å². The maximum Gasteiger partial charge on any atom is 0.237 e. The number of rotatable bonds is 5. The fourth-order valence-electron chi connectivity index (χ4n) is 3.15. The molecule has 0 saturated carbocycles. The molecule has 1 atom stereocenters. The molecule has 4 nitrogen and oxygen atoms in total. The Hall–Kier alpha value is -2.27. The van der Waals surface area contributed by atoms with Crippen molar-refractivity contribution in [1.29, 1.82) is 0 Å². The number of amides is 1. The van der Waals surface area contributed by atoms with Crippen molar-refractivity contribution in [2.45, 2.75) is 38.4 Å². The van der Waals surface area contributed by atoms with Gasteiger partial charge in [0.15, 0.2) is 0 Å². The van der Waals surface area contributed by atoms with E-state index < -0.39 is 0 Å². The highest BCUT2D eigenvalue weighted by atomic mass is 19.1. The quantitative estimate of drug-likeness (QED) is 0.918. The van der Waals surface area contributed by atoms with E-state index >= 15 is 0 Å². The lowest BCUT2D eigenvalue weighted by Crippen LogP contribution is -2.48. The minimum atomic E-state index is -0.279. The highest BCUT2D eigenvalue weighted by Gasteiger charge is 2.28. The molecule has 1 aliphatic rings. The Morgan fingerprint density at radius 3 is 2.83 bits per heavy atom. The van der Waals surface area contributed by atoms with Crippen molar-refractivity contribution < 1.29 is 9.18 Å². The molecule has 1 aliphatic heterocycles. The van der Waals surface area contributed by atoms with E-state index in [0.717, 1.165) is 43.5 Å². The molecule has 0 spiro atoms. The number of likely N-dealkylation sites (tertiary alicyclic amines) is 1. The SMILES string of the molecule is O=C(NCc1cccc(F)c1)[C@H]1CCCCN1Cc1ccncc1. The first-order valence-corrected chi connectivity index (χ1v) is 8.37. The molecule has 1 amide bonds. The van der Waals surface area contributed by atoms with Crippen molar-refractivity contribution in [1.82, 2.24) is 15.2 Å². The Kier molecular flexibility index (Phi) is 5.54. The molecule has 0 radical (unpaired) electrons. The van der Waals surface area contributed by atoms with Gasteiger partial charge in [0.1, 0.15) is 5.82 Å². The van der Waals surface area contributed by atoms with Crippen LogP contribution in [-0.2, 0) is 17.9 Å². The van der Waals surface area contributed by atoms with Crippen LogP contribution >= 0.6 is 0 Å². The summed E-state index contributed by atoms with van der Waals surface area (Å²) in [4.78, 5) is 18.9. The number of pyridine rings is 1. The zero-order valence-corrected chi connectivity index (χ0v) is 13.6. The van der Waals surface area contributed by atoms with Gasteiger partial charge in [-0.25, -0.2) is 4.39 Å². The molecule has 126 valence electrons. The van der Waals surface area contributed by atoms with Crippen molar-refractivity contribution in [3.8, 4) is 0 Å². The summed E-state index contributed by atoms with van der Waals surface area (Å²) in [6.07, 6.45) is 6.58. The lowest BCUT2D eigenvalue weighted by Gasteiger charge is -2.34. The maximum atomic E-state index is 13.2. The zero-order chi connectivity index (χ0) is 16.8. The smallest absolute Gasteiger partial charge is 0.237 e. The first-order chi connectivity index (χ1) is 11.7. The Labute approximate surface area is 141 Å². The second-order valence-corrected chi connectivity index (χ2v) is 6.19. The van der Waals surface area contributed by atoms with E-state index in [9.17, 15) is 9.18 Å². The van der Waals surface area contributed by atoms with Crippen LogP contribution < -0.4 is 5.32 Å². The minimum Gasteiger partial charge on any atom is -0.351 e. The van der Waals surface area contributed by atoms with E-state index in [1.54, 1.807) is 18.5 Å². The van der Waals surface area contributed by atoms with Gasteiger partial charge in [-0.2, -0.15) is 0 Å². The molecule has 1 fully saturated rings. The second kappa shape index (κ2) is 8.02. The van der Waals surface area contributed by atoms with Crippen LogP contribution in [0, 0.1) is 5.82 Å². The van der Waals surface area contributed by atoms with Gasteiger partial charge in [0.25, 0.3) is 0 Å². The average molecular weight is 327 g/mol. The van der Waals surface area contributed by atoms with E-state index in [4.69, 9.17) is 0 Å². The molecule has 3 rings (SSSR count). The molecule has 5 heteroatoms. The molecule has 24 heavy (non-hydrogen) atoms. The number of nitrogens with zero attached hydrogens (tertiary/aromatic N) is 2. The van der Waals surface area contributed by atoms with Crippen LogP contribution in [0.3, 0.4) is 0 Å². The molecule has 1 aromatic carbocycles. The summed E-state index contributed by atoms with van der Waals surface area (Å²) >= 11 is 0. The monoisotopic (exact) mass is 327 g/mol. The lowest BCUT2D eigenvalue weighted by atomic mass is 10.0. The fraction of sp³-hybridized carbons (Fsp3) is 0.368. The summed E-state index contributed by atoms with van der Waals surface area (Å²) < 4.78 is 13.2. The number of hydrogen-bond donors (Lipinski definition) is 1. The molecular weight excluding hydrogens is 305 g/mol. The highest BCUT2D eigenvalue weighted by Crippen LogP contribution is 2.20. The Morgan fingerprint density at radius 1 is 1.21 bits per heavy atom. The van der Waals surface area contributed by atoms with Gasteiger partial charge in [-0.15, -0.1) is 0 Å². The predicted octanol–water partition coefficient (Wildman–Crippen LogP) is 2.89. The minimum absolute atomic E-state index is 0.0213. The number of aromatic nitrogens is 1. The topological polar surface area (TPSA) is 45.2 Å². The Balaban J connectivity index is 1.60. The largest absolute Gasteiger partial charge is 0.351 e. The summed E-state index contributed by atoms with van der Waals surface area (Å²) in [6, 6.07) is 10.2. The van der Waals surface area contributed by atoms with Crippen LogP contribution in [0.25, 0.3) is 0 Å². The normalized spacial score (nSPS) is 18.3. The third-order valence-electron chi connectivity index (χ3n) is 4.41. The zero-order valence-electron chi connectivity index (χ0n) is 13.6. The van der Waals surface area contributed by atoms with Gasteiger partial charge in [-0.1, -0.05) is 18.6 Å². The van der Waals surface area contributed by atoms with Crippen molar-refractivity contribution in [2.75, 3.05) is 6.54 Å². The molecule has 2 aromatic rings. The second-order valence-electron chi connectivity index (χ2n) is 6.19. The molecule has 2 heterocycles. The van der Waals surface area contributed by atoms with Crippen molar-refractivity contribution in [3.05, 3.63) is 65.7 Å². The van der Waals surface area contributed by atoms with Crippen LogP contribution in [0.2, 0.25) is 0 Å². The van der Waals surface area contributed by atoms with Gasteiger partial charge < -0.3 is 5.32 Å². The van der Waals surface area contributed by atoms with Crippen molar-refractivity contribution in [2.24, 2.45) is 0 Å². The molecule has 1 saturated heterocycles. The van der Waals surface area contributed by atoms with Crippen molar-refractivity contribution >= 4 is 5.91 Å². The van der Waals surface area contributed by atoms with Crippen LogP contribution in [0.1, 0.15) is 30.4 Å². The number of piperidine rings is 1. The van der Waals surface area contributed by atoms with E-state index in [1.807, 2.05) is 18.2 Å². The Bertz CT molecular complexity index is 677. The van der Waals surface area contributed by atoms with Gasteiger partial charge in [0.2, 0.25) is 5.91 Å². The lowest BCUT2D eigenvalue weighted by molar-refractivity contribution is -0.128. The number of halogens is 1. The van der Waals surface area contributed by atoms with Gasteiger partial charge in [0.05, 0.1) is 6.04 Å². The van der Waals surface area contributed by atoms with Gasteiger partial charge >= 0.3 is 0 Å². The molecular formula is C19H22FN3O. The summed E-state index contributed by atoms with van der Waals surface area (Å²) in [7, 11) is 0. The molecule has 1 aromatic heterocycles. The number of carbonyl (C=O) groups excluding carboxylic acids is 1. The van der Waals surface area contributed by atoms with Crippen molar-refractivity contribution in [3.63, 3.8) is 0 Å². The summed E-state index contributed by atoms with van der Waals surface area (Å²) in [5.41, 5.74) is 1.94. The van der Waals surface area contributed by atoms with E-state index in [-0.39, 0.29) is 17.8 Å². The number of carbonyl (C=O) groups is 1. The summed E-state index contributed by atoms with van der Waals surface area (Å²) in [5, 5.41) is 2.95. The van der Waals surface area contributed by atoms with E-state index in [0.29, 0.717) is 6.54 Å². The maximum absolute atomic E-state index is 13.2. The van der Waals surface area contributed by atoms with Crippen LogP contribution in [0.4, 0.5) is 4.39 Å². The predicted molar refractivity (Wildman–Crippen MR) is 90.5 cm³/mol. The fourth-order valence-corrected chi connectivity index (χ4v) is 3.15. The number of hydrogen-bond acceptors (Lipinski definition) is 3. The molecule has 1 N–H and O–H groups in total. The number of nitrogens with one attached hydrogen (secondary N) is 1.